The van der Waals surface area contributed by atoms with Crippen LogP contribution in [0.4, 0.5) is 0 Å². The predicted molar refractivity (Wildman–Crippen MR) is 87.3 cm³/mol. The minimum atomic E-state index is -0.895. The lowest BCUT2D eigenvalue weighted by Crippen LogP contribution is -2.32. The molecule has 0 aliphatic heterocycles. The van der Waals surface area contributed by atoms with Crippen molar-refractivity contribution in [1.82, 2.24) is 0 Å². The van der Waals surface area contributed by atoms with Crippen molar-refractivity contribution in [1.29, 1.82) is 0 Å². The molecule has 1 aromatic carbocycles. The Morgan fingerprint density at radius 2 is 1.83 bits per heavy atom. The zero-order valence-corrected chi connectivity index (χ0v) is 15.2. The Morgan fingerprint density at radius 3 is 2.44 bits per heavy atom. The monoisotopic (exact) mass is 500 g/mol. The van der Waals surface area contributed by atoms with Gasteiger partial charge >= 0.3 is 0 Å². The number of allylic oxidation sites excluding steroid dienone is 1. The van der Waals surface area contributed by atoms with Crippen LogP contribution in [-0.2, 0) is 0 Å². The Bertz CT molecular complexity index is 549. The van der Waals surface area contributed by atoms with Gasteiger partial charge in [-0.2, -0.15) is 0 Å². The standard InChI is InChI=1S/C12H8Br4O2/c13-7-3-1-2-6(4-7)8-5-12(15,16)11(18)9(14)10(8)17/h1-5,11,17-18H. The van der Waals surface area contributed by atoms with E-state index in [-0.39, 0.29) is 5.76 Å². The zero-order chi connectivity index (χ0) is 13.5. The molecule has 0 amide bonds. The van der Waals surface area contributed by atoms with Gasteiger partial charge in [-0.05, 0) is 39.7 Å². The van der Waals surface area contributed by atoms with Gasteiger partial charge in [-0.3, -0.25) is 0 Å². The molecule has 0 fully saturated rings. The van der Waals surface area contributed by atoms with Crippen LogP contribution in [0.25, 0.3) is 5.57 Å². The third-order valence-electron chi connectivity index (χ3n) is 2.56. The lowest BCUT2D eigenvalue weighted by Gasteiger charge is -2.29. The summed E-state index contributed by atoms with van der Waals surface area (Å²) in [7, 11) is 0. The number of aliphatic hydroxyl groups excluding tert-OH is 2. The zero-order valence-electron chi connectivity index (χ0n) is 8.87. The molecule has 18 heavy (non-hydrogen) atoms. The summed E-state index contributed by atoms with van der Waals surface area (Å²) in [6.45, 7) is 0. The largest absolute Gasteiger partial charge is 0.506 e. The summed E-state index contributed by atoms with van der Waals surface area (Å²) in [6.07, 6.45) is 0.841. The highest BCUT2D eigenvalue weighted by Gasteiger charge is 2.39. The molecule has 2 N–H and O–H groups in total. The number of hydrogen-bond acceptors (Lipinski definition) is 2. The summed E-state index contributed by atoms with van der Waals surface area (Å²) >= 11 is 13.4. The minimum Gasteiger partial charge on any atom is -0.506 e. The third kappa shape index (κ3) is 2.77. The fourth-order valence-electron chi connectivity index (χ4n) is 1.64. The Kier molecular flexibility index (Phi) is 4.44. The maximum absolute atomic E-state index is 10.1. The van der Waals surface area contributed by atoms with Gasteiger partial charge in [0.25, 0.3) is 0 Å². The van der Waals surface area contributed by atoms with Crippen molar-refractivity contribution < 1.29 is 10.2 Å². The number of halogens is 4. The molecular formula is C12H8Br4O2. The summed E-state index contributed by atoms with van der Waals surface area (Å²) in [5.74, 6) is 0.0372. The van der Waals surface area contributed by atoms with Gasteiger partial charge in [0.05, 0.1) is 4.48 Å². The second-order valence-electron chi connectivity index (χ2n) is 3.84. The highest BCUT2D eigenvalue weighted by Crippen LogP contribution is 2.46. The molecule has 1 atom stereocenters. The van der Waals surface area contributed by atoms with E-state index >= 15 is 0 Å². The van der Waals surface area contributed by atoms with E-state index in [2.05, 4.69) is 63.7 Å². The molecule has 2 nitrogen and oxygen atoms in total. The first-order valence-corrected chi connectivity index (χ1v) is 8.14. The predicted octanol–water partition coefficient (Wildman–Crippen LogP) is 4.86. The topological polar surface area (TPSA) is 40.5 Å². The maximum atomic E-state index is 10.1. The normalized spacial score (nSPS) is 22.9. The number of aliphatic hydroxyl groups is 2. The second kappa shape index (κ2) is 5.40. The number of benzene rings is 1. The van der Waals surface area contributed by atoms with Crippen LogP contribution in [0.5, 0.6) is 0 Å². The maximum Gasteiger partial charge on any atom is 0.136 e. The fraction of sp³-hybridized carbons (Fsp3) is 0.167. The Hall–Kier alpha value is 0.380. The quantitative estimate of drug-likeness (QED) is 0.538. The van der Waals surface area contributed by atoms with Crippen LogP contribution in [0.1, 0.15) is 5.56 Å². The van der Waals surface area contributed by atoms with Crippen LogP contribution in [0, 0.1) is 0 Å². The average molecular weight is 504 g/mol. The molecule has 0 heterocycles. The van der Waals surface area contributed by atoms with E-state index < -0.39 is 9.34 Å². The van der Waals surface area contributed by atoms with Crippen LogP contribution in [0.2, 0.25) is 0 Å². The van der Waals surface area contributed by atoms with Crippen molar-refractivity contribution >= 4 is 69.3 Å². The summed E-state index contributed by atoms with van der Waals surface area (Å²) in [4.78, 5) is 0. The Morgan fingerprint density at radius 1 is 1.17 bits per heavy atom. The van der Waals surface area contributed by atoms with E-state index in [1.807, 2.05) is 24.3 Å². The van der Waals surface area contributed by atoms with Gasteiger partial charge < -0.3 is 10.2 Å². The summed E-state index contributed by atoms with van der Waals surface area (Å²) in [6, 6.07) is 7.58. The molecule has 2 rings (SSSR count). The van der Waals surface area contributed by atoms with Gasteiger partial charge in [0.15, 0.2) is 0 Å². The molecule has 0 bridgehead atoms. The Labute approximate surface area is 138 Å². The van der Waals surface area contributed by atoms with Crippen molar-refractivity contribution in [2.24, 2.45) is 0 Å². The molecule has 0 saturated heterocycles. The van der Waals surface area contributed by atoms with E-state index in [0.29, 0.717) is 10.1 Å². The summed E-state index contributed by atoms with van der Waals surface area (Å²) in [5.41, 5.74) is 1.50. The van der Waals surface area contributed by atoms with E-state index in [0.717, 1.165) is 10.0 Å². The van der Waals surface area contributed by atoms with Gasteiger partial charge in [-0.15, -0.1) is 0 Å². The van der Waals surface area contributed by atoms with Gasteiger partial charge in [-0.1, -0.05) is 59.9 Å². The molecule has 0 spiro atoms. The number of rotatable bonds is 1. The SMILES string of the molecule is OC1=C(Br)C(O)C(Br)(Br)C=C1c1cccc(Br)c1. The van der Waals surface area contributed by atoms with Crippen molar-refractivity contribution in [3.63, 3.8) is 0 Å². The smallest absolute Gasteiger partial charge is 0.136 e. The van der Waals surface area contributed by atoms with Gasteiger partial charge in [0, 0.05) is 10.0 Å². The lowest BCUT2D eigenvalue weighted by molar-refractivity contribution is 0.216. The molecule has 0 saturated carbocycles. The fourth-order valence-corrected chi connectivity index (χ4v) is 4.15. The number of hydrogen-bond donors (Lipinski definition) is 2. The molecule has 1 aliphatic rings. The van der Waals surface area contributed by atoms with E-state index in [1.165, 1.54) is 0 Å². The molecule has 1 aliphatic carbocycles. The first-order chi connectivity index (χ1) is 8.33. The molecular weight excluding hydrogens is 496 g/mol. The van der Waals surface area contributed by atoms with Crippen molar-refractivity contribution in [2.45, 2.75) is 9.34 Å². The van der Waals surface area contributed by atoms with Crippen LogP contribution >= 0.6 is 63.7 Å². The molecule has 1 unspecified atom stereocenters. The third-order valence-corrected chi connectivity index (χ3v) is 5.19. The van der Waals surface area contributed by atoms with Crippen LogP contribution in [0.3, 0.4) is 0 Å². The van der Waals surface area contributed by atoms with Crippen LogP contribution in [-0.4, -0.2) is 19.6 Å². The van der Waals surface area contributed by atoms with Crippen molar-refractivity contribution in [3.05, 3.63) is 50.6 Å². The highest BCUT2D eigenvalue weighted by atomic mass is 79.9. The van der Waals surface area contributed by atoms with E-state index in [9.17, 15) is 10.2 Å². The lowest BCUT2D eigenvalue weighted by atomic mass is 9.96. The Balaban J connectivity index is 2.57. The van der Waals surface area contributed by atoms with Crippen molar-refractivity contribution in [3.8, 4) is 0 Å². The second-order valence-corrected chi connectivity index (χ2v) is 9.30. The van der Waals surface area contributed by atoms with E-state index in [4.69, 9.17) is 0 Å². The highest BCUT2D eigenvalue weighted by molar-refractivity contribution is 9.25. The molecule has 6 heteroatoms. The van der Waals surface area contributed by atoms with Gasteiger partial charge in [0.2, 0.25) is 0 Å². The minimum absolute atomic E-state index is 0.0372. The average Bonchev–Trinajstić information content (AvgIpc) is 2.32. The summed E-state index contributed by atoms with van der Waals surface area (Å²) < 4.78 is 0.460. The first kappa shape index (κ1) is 14.8. The van der Waals surface area contributed by atoms with Crippen LogP contribution in [0.15, 0.2) is 45.1 Å². The molecule has 1 aromatic rings. The molecule has 0 radical (unpaired) electrons. The van der Waals surface area contributed by atoms with Gasteiger partial charge in [-0.25, -0.2) is 0 Å². The molecule has 96 valence electrons. The molecule has 0 aromatic heterocycles. The van der Waals surface area contributed by atoms with Crippen LogP contribution < -0.4 is 0 Å². The van der Waals surface area contributed by atoms with E-state index in [1.54, 1.807) is 6.08 Å². The van der Waals surface area contributed by atoms with Gasteiger partial charge in [0.1, 0.15) is 15.1 Å². The summed E-state index contributed by atoms with van der Waals surface area (Å²) in [5, 5.41) is 20.1. The van der Waals surface area contributed by atoms with Crippen molar-refractivity contribution in [2.75, 3.05) is 0 Å². The number of alkyl halides is 2. The first-order valence-electron chi connectivity index (χ1n) is 4.96.